The maximum atomic E-state index is 12.7. The smallest absolute Gasteiger partial charge is 0.310 e. The van der Waals surface area contributed by atoms with E-state index in [9.17, 15) is 14.7 Å². The third kappa shape index (κ3) is 2.80. The van der Waals surface area contributed by atoms with Gasteiger partial charge >= 0.3 is 5.97 Å². The molecule has 0 saturated heterocycles. The first-order chi connectivity index (χ1) is 13.0. The number of benzene rings is 2. The number of methoxy groups -OCH3 is 1. The first kappa shape index (κ1) is 16.8. The molecular formula is C19H15NO7. The van der Waals surface area contributed by atoms with Gasteiger partial charge in [-0.2, -0.15) is 0 Å². The largest absolute Gasteiger partial charge is 0.508 e. The Labute approximate surface area is 152 Å². The second-order valence-electron chi connectivity index (χ2n) is 5.97. The molecule has 0 unspecified atom stereocenters. The number of anilines is 1. The van der Waals surface area contributed by atoms with Crippen molar-refractivity contribution in [3.8, 4) is 28.6 Å². The van der Waals surface area contributed by atoms with Crippen molar-refractivity contribution in [2.75, 3.05) is 19.6 Å². The van der Waals surface area contributed by atoms with Gasteiger partial charge in [0.05, 0.1) is 24.6 Å². The summed E-state index contributed by atoms with van der Waals surface area (Å²) in [6, 6.07) is 7.26. The molecule has 138 valence electrons. The Morgan fingerprint density at radius 3 is 2.85 bits per heavy atom. The van der Waals surface area contributed by atoms with E-state index in [1.807, 2.05) is 0 Å². The minimum Gasteiger partial charge on any atom is -0.508 e. The van der Waals surface area contributed by atoms with E-state index in [1.54, 1.807) is 12.1 Å². The molecule has 0 bridgehead atoms. The molecule has 8 nitrogen and oxygen atoms in total. The number of carbonyl (C=O) groups is 1. The second-order valence-corrected chi connectivity index (χ2v) is 5.97. The first-order valence-electron chi connectivity index (χ1n) is 8.03. The van der Waals surface area contributed by atoms with Gasteiger partial charge in [-0.05, 0) is 23.8 Å². The lowest BCUT2D eigenvalue weighted by Crippen LogP contribution is -2.10. The molecule has 0 amide bonds. The highest BCUT2D eigenvalue weighted by atomic mass is 16.7. The Bertz CT molecular complexity index is 1130. The third-order valence-electron chi connectivity index (χ3n) is 4.30. The Balaban J connectivity index is 1.91. The van der Waals surface area contributed by atoms with Crippen LogP contribution >= 0.6 is 0 Å². The fraction of sp³-hybridized carbons (Fsp3) is 0.158. The van der Waals surface area contributed by atoms with Gasteiger partial charge in [0, 0.05) is 17.7 Å². The summed E-state index contributed by atoms with van der Waals surface area (Å²) in [5.74, 6) is 0.429. The third-order valence-corrected chi connectivity index (χ3v) is 4.30. The van der Waals surface area contributed by atoms with E-state index in [0.717, 1.165) is 0 Å². The van der Waals surface area contributed by atoms with Gasteiger partial charge in [-0.15, -0.1) is 0 Å². The molecule has 2 heterocycles. The molecule has 0 radical (unpaired) electrons. The number of fused-ring (bicyclic) bond motifs is 2. The van der Waals surface area contributed by atoms with E-state index < -0.39 is 5.97 Å². The minimum atomic E-state index is -0.537. The van der Waals surface area contributed by atoms with Gasteiger partial charge in [0.25, 0.3) is 0 Å². The van der Waals surface area contributed by atoms with Gasteiger partial charge in [-0.25, -0.2) is 0 Å². The predicted octanol–water partition coefficient (Wildman–Crippen LogP) is 2.19. The predicted molar refractivity (Wildman–Crippen MR) is 95.8 cm³/mol. The quantitative estimate of drug-likeness (QED) is 0.532. The number of aromatic hydroxyl groups is 1. The standard InChI is InChI=1S/C19H15NO7/c1-24-16(23)5-9-4-10(21)6-15-17(9)12(22)7-14(27-15)11-2-3-13-19(18(11)20)26-8-25-13/h2-4,6-7,21H,5,8,20H2,1H3. The number of nitrogens with two attached hydrogens (primary N) is 1. The second kappa shape index (κ2) is 6.24. The van der Waals surface area contributed by atoms with Crippen molar-refractivity contribution in [1.29, 1.82) is 0 Å². The zero-order valence-corrected chi connectivity index (χ0v) is 14.3. The van der Waals surface area contributed by atoms with Crippen molar-refractivity contribution in [1.82, 2.24) is 0 Å². The number of phenolic OH excluding ortho intramolecular Hbond substituents is 1. The van der Waals surface area contributed by atoms with Crippen LogP contribution in [0.4, 0.5) is 5.69 Å². The summed E-state index contributed by atoms with van der Waals surface area (Å²) in [5.41, 5.74) is 6.94. The number of carbonyl (C=O) groups excluding carboxylic acids is 1. The normalized spacial score (nSPS) is 12.3. The summed E-state index contributed by atoms with van der Waals surface area (Å²) in [6.07, 6.45) is -0.169. The molecule has 1 aliphatic rings. The fourth-order valence-electron chi connectivity index (χ4n) is 3.07. The van der Waals surface area contributed by atoms with Gasteiger partial charge in [0.2, 0.25) is 6.79 Å². The van der Waals surface area contributed by atoms with Crippen molar-refractivity contribution < 1.29 is 28.5 Å². The summed E-state index contributed by atoms with van der Waals surface area (Å²) < 4.78 is 21.1. The van der Waals surface area contributed by atoms with Crippen molar-refractivity contribution in [3.05, 3.63) is 46.1 Å². The minimum absolute atomic E-state index is 0.0649. The summed E-state index contributed by atoms with van der Waals surface area (Å²) in [6.45, 7) is 0.0649. The number of phenols is 1. The Morgan fingerprint density at radius 2 is 2.07 bits per heavy atom. The van der Waals surface area contributed by atoms with Crippen LogP contribution in [-0.2, 0) is 16.0 Å². The van der Waals surface area contributed by atoms with Gasteiger partial charge in [0.1, 0.15) is 17.1 Å². The molecule has 3 N–H and O–H groups in total. The molecule has 0 aliphatic carbocycles. The van der Waals surface area contributed by atoms with Crippen molar-refractivity contribution in [3.63, 3.8) is 0 Å². The molecule has 8 heteroatoms. The molecule has 0 saturated carbocycles. The molecule has 3 aromatic rings. The SMILES string of the molecule is COC(=O)Cc1cc(O)cc2oc(-c3ccc4c(c3N)OCO4)cc(=O)c12. The molecule has 1 aromatic heterocycles. The molecule has 4 rings (SSSR count). The highest BCUT2D eigenvalue weighted by Gasteiger charge is 2.22. The average molecular weight is 369 g/mol. The van der Waals surface area contributed by atoms with E-state index in [4.69, 9.17) is 19.6 Å². The lowest BCUT2D eigenvalue weighted by atomic mass is 10.0. The molecule has 0 spiro atoms. The van der Waals surface area contributed by atoms with Crippen LogP contribution in [0, 0.1) is 0 Å². The average Bonchev–Trinajstić information content (AvgIpc) is 3.10. The summed E-state index contributed by atoms with van der Waals surface area (Å²) in [4.78, 5) is 24.3. The van der Waals surface area contributed by atoms with Crippen molar-refractivity contribution in [2.24, 2.45) is 0 Å². The van der Waals surface area contributed by atoms with Crippen LogP contribution in [0.1, 0.15) is 5.56 Å². The van der Waals surface area contributed by atoms with Crippen LogP contribution in [0.3, 0.4) is 0 Å². The lowest BCUT2D eigenvalue weighted by Gasteiger charge is -2.10. The number of esters is 1. The van der Waals surface area contributed by atoms with Gasteiger partial charge in [0.15, 0.2) is 16.9 Å². The Morgan fingerprint density at radius 1 is 1.26 bits per heavy atom. The van der Waals surface area contributed by atoms with Gasteiger partial charge in [-0.3, -0.25) is 9.59 Å². The maximum absolute atomic E-state index is 12.7. The van der Waals surface area contributed by atoms with Crippen LogP contribution in [0.5, 0.6) is 17.2 Å². The Kier molecular flexibility index (Phi) is 3.88. The van der Waals surface area contributed by atoms with Gasteiger partial charge in [-0.1, -0.05) is 0 Å². The number of hydrogen-bond donors (Lipinski definition) is 2. The molecule has 0 atom stereocenters. The van der Waals surface area contributed by atoms with Crippen LogP contribution in [0.2, 0.25) is 0 Å². The van der Waals surface area contributed by atoms with E-state index in [1.165, 1.54) is 25.3 Å². The van der Waals surface area contributed by atoms with Crippen molar-refractivity contribution >= 4 is 22.6 Å². The van der Waals surface area contributed by atoms with Crippen LogP contribution in [0.15, 0.2) is 39.5 Å². The van der Waals surface area contributed by atoms with E-state index in [0.29, 0.717) is 22.6 Å². The van der Waals surface area contributed by atoms with Gasteiger partial charge < -0.3 is 29.5 Å². The number of nitrogen functional groups attached to an aromatic ring is 1. The highest BCUT2D eigenvalue weighted by molar-refractivity contribution is 5.89. The molecule has 2 aromatic carbocycles. The van der Waals surface area contributed by atoms with E-state index in [2.05, 4.69) is 4.74 Å². The first-order valence-corrected chi connectivity index (χ1v) is 8.03. The number of hydrogen-bond acceptors (Lipinski definition) is 8. The summed E-state index contributed by atoms with van der Waals surface area (Å²) in [5, 5.41) is 10.2. The topological polar surface area (TPSA) is 121 Å². The molecular weight excluding hydrogens is 354 g/mol. The fourth-order valence-corrected chi connectivity index (χ4v) is 3.07. The van der Waals surface area contributed by atoms with E-state index in [-0.39, 0.29) is 46.8 Å². The maximum Gasteiger partial charge on any atom is 0.310 e. The van der Waals surface area contributed by atoms with Crippen LogP contribution in [-0.4, -0.2) is 25.0 Å². The number of rotatable bonds is 3. The monoisotopic (exact) mass is 369 g/mol. The molecule has 0 fully saturated rings. The number of ether oxygens (including phenoxy) is 3. The lowest BCUT2D eigenvalue weighted by molar-refractivity contribution is -0.139. The molecule has 27 heavy (non-hydrogen) atoms. The zero-order chi connectivity index (χ0) is 19.1. The van der Waals surface area contributed by atoms with Crippen LogP contribution in [0.25, 0.3) is 22.3 Å². The Hall–Kier alpha value is -3.68. The summed E-state index contributed by atoms with van der Waals surface area (Å²) >= 11 is 0. The van der Waals surface area contributed by atoms with Crippen molar-refractivity contribution in [2.45, 2.75) is 6.42 Å². The zero-order valence-electron chi connectivity index (χ0n) is 14.3. The summed E-state index contributed by atoms with van der Waals surface area (Å²) in [7, 11) is 1.25. The molecule has 1 aliphatic heterocycles. The van der Waals surface area contributed by atoms with Crippen LogP contribution < -0.4 is 20.6 Å². The van der Waals surface area contributed by atoms with E-state index >= 15 is 0 Å². The highest BCUT2D eigenvalue weighted by Crippen LogP contribution is 2.43.